The molecule has 2 heterocycles. The van der Waals surface area contributed by atoms with Crippen molar-refractivity contribution in [2.75, 3.05) is 0 Å². The van der Waals surface area contributed by atoms with E-state index in [0.717, 1.165) is 11.3 Å². The maximum Gasteiger partial charge on any atom is 0.373 e. The fraction of sp³-hybridized carbons (Fsp3) is 0. The Morgan fingerprint density at radius 1 is 1.33 bits per heavy atom. The Morgan fingerprint density at radius 2 is 2.06 bits per heavy atom. The van der Waals surface area contributed by atoms with E-state index in [2.05, 4.69) is 15.1 Å². The maximum atomic E-state index is 10.8. The Hall–Kier alpha value is -2.34. The molecule has 18 heavy (non-hydrogen) atoms. The van der Waals surface area contributed by atoms with Crippen molar-refractivity contribution in [1.29, 1.82) is 0 Å². The first-order valence-corrected chi connectivity index (χ1v) is 5.45. The van der Waals surface area contributed by atoms with E-state index in [1.165, 1.54) is 4.52 Å². The standard InChI is InChI=1S/C11H7ClN4O2/c12-7-3-1-6(2-4-7)8-5-13-11-14-9(10(17)18)15-16(8)11/h1-5H,(H,17,18)(H,13,14,15). The van der Waals surface area contributed by atoms with Gasteiger partial charge in [-0.05, 0) is 12.1 Å². The Labute approximate surface area is 106 Å². The number of carboxylic acids is 1. The smallest absolute Gasteiger partial charge is 0.373 e. The number of fused-ring (bicyclic) bond motifs is 1. The number of rotatable bonds is 2. The zero-order chi connectivity index (χ0) is 12.7. The van der Waals surface area contributed by atoms with Crippen LogP contribution in [0.1, 0.15) is 10.6 Å². The lowest BCUT2D eigenvalue weighted by Gasteiger charge is -1.98. The molecule has 0 radical (unpaired) electrons. The van der Waals surface area contributed by atoms with Crippen LogP contribution in [0.4, 0.5) is 0 Å². The third-order valence-electron chi connectivity index (χ3n) is 2.52. The SMILES string of the molecule is O=C(O)c1nc2ncc(-c3ccc(Cl)cc3)n2[nH]1. The number of H-pyrrole nitrogens is 1. The highest BCUT2D eigenvalue weighted by atomic mass is 35.5. The molecular formula is C11H7ClN4O2. The van der Waals surface area contributed by atoms with Gasteiger partial charge in [-0.1, -0.05) is 23.7 Å². The van der Waals surface area contributed by atoms with Crippen molar-refractivity contribution < 1.29 is 9.90 Å². The summed E-state index contributed by atoms with van der Waals surface area (Å²) in [5.41, 5.74) is 1.59. The minimum Gasteiger partial charge on any atom is -0.475 e. The summed E-state index contributed by atoms with van der Waals surface area (Å²) in [5.74, 6) is -0.951. The van der Waals surface area contributed by atoms with Gasteiger partial charge in [0.1, 0.15) is 0 Å². The van der Waals surface area contributed by atoms with Crippen LogP contribution >= 0.6 is 11.6 Å². The highest BCUT2D eigenvalue weighted by Gasteiger charge is 2.14. The predicted molar refractivity (Wildman–Crippen MR) is 64.7 cm³/mol. The van der Waals surface area contributed by atoms with Gasteiger partial charge in [-0.2, -0.15) is 4.98 Å². The summed E-state index contributed by atoms with van der Waals surface area (Å²) < 4.78 is 1.52. The Kier molecular flexibility index (Phi) is 2.31. The highest BCUT2D eigenvalue weighted by molar-refractivity contribution is 6.30. The maximum absolute atomic E-state index is 10.8. The van der Waals surface area contributed by atoms with Gasteiger partial charge >= 0.3 is 5.97 Å². The van der Waals surface area contributed by atoms with E-state index in [4.69, 9.17) is 16.7 Å². The number of carboxylic acid groups (broad SMARTS) is 1. The second-order valence-corrected chi connectivity index (χ2v) is 4.10. The molecule has 6 nitrogen and oxygen atoms in total. The molecule has 0 atom stereocenters. The van der Waals surface area contributed by atoms with E-state index in [0.29, 0.717) is 10.8 Å². The number of nitrogens with zero attached hydrogens (tertiary/aromatic N) is 3. The van der Waals surface area contributed by atoms with Gasteiger partial charge < -0.3 is 5.11 Å². The van der Waals surface area contributed by atoms with Crippen molar-refractivity contribution in [2.24, 2.45) is 0 Å². The van der Waals surface area contributed by atoms with Crippen LogP contribution in [0.15, 0.2) is 30.5 Å². The molecule has 0 aliphatic heterocycles. The number of aromatic nitrogens is 4. The third kappa shape index (κ3) is 1.63. The molecule has 0 saturated heterocycles. The quantitative estimate of drug-likeness (QED) is 0.741. The molecule has 0 amide bonds. The zero-order valence-corrected chi connectivity index (χ0v) is 9.72. The Bertz CT molecular complexity index is 729. The van der Waals surface area contributed by atoms with Crippen LogP contribution in [-0.4, -0.2) is 30.7 Å². The van der Waals surface area contributed by atoms with Gasteiger partial charge in [0.15, 0.2) is 0 Å². The van der Waals surface area contributed by atoms with E-state index >= 15 is 0 Å². The van der Waals surface area contributed by atoms with Crippen LogP contribution in [-0.2, 0) is 0 Å². The number of carbonyl (C=O) groups is 1. The molecule has 0 spiro atoms. The molecule has 3 aromatic rings. The van der Waals surface area contributed by atoms with Gasteiger partial charge in [0, 0.05) is 10.6 Å². The van der Waals surface area contributed by atoms with Crippen LogP contribution in [0, 0.1) is 0 Å². The predicted octanol–water partition coefficient (Wildman–Crippen LogP) is 2.08. The number of hydrogen-bond acceptors (Lipinski definition) is 3. The van der Waals surface area contributed by atoms with E-state index in [9.17, 15) is 4.79 Å². The monoisotopic (exact) mass is 262 g/mol. The topological polar surface area (TPSA) is 83.3 Å². The molecular weight excluding hydrogens is 256 g/mol. The van der Waals surface area contributed by atoms with E-state index in [1.807, 2.05) is 12.1 Å². The summed E-state index contributed by atoms with van der Waals surface area (Å²) in [6, 6.07) is 7.16. The third-order valence-corrected chi connectivity index (χ3v) is 2.77. The van der Waals surface area contributed by atoms with Crippen molar-refractivity contribution in [2.45, 2.75) is 0 Å². The summed E-state index contributed by atoms with van der Waals surface area (Å²) in [7, 11) is 0. The first-order valence-electron chi connectivity index (χ1n) is 5.08. The number of halogens is 1. The molecule has 3 rings (SSSR count). The second-order valence-electron chi connectivity index (χ2n) is 3.66. The van der Waals surface area contributed by atoms with Gasteiger partial charge in [0.25, 0.3) is 5.78 Å². The number of benzene rings is 1. The number of nitrogens with one attached hydrogen (secondary N) is 1. The number of aromatic amines is 1. The average Bonchev–Trinajstić information content (AvgIpc) is 2.89. The molecule has 0 aliphatic rings. The normalized spacial score (nSPS) is 10.9. The van der Waals surface area contributed by atoms with Gasteiger partial charge in [0.2, 0.25) is 5.82 Å². The largest absolute Gasteiger partial charge is 0.475 e. The molecule has 2 N–H and O–H groups in total. The first kappa shape index (κ1) is 10.8. The number of hydrogen-bond donors (Lipinski definition) is 2. The molecule has 0 bridgehead atoms. The molecule has 7 heteroatoms. The van der Waals surface area contributed by atoms with Crippen molar-refractivity contribution in [3.63, 3.8) is 0 Å². The fourth-order valence-corrected chi connectivity index (χ4v) is 1.81. The summed E-state index contributed by atoms with van der Waals surface area (Å²) in [6.45, 7) is 0. The van der Waals surface area contributed by atoms with Crippen LogP contribution in [0.3, 0.4) is 0 Å². The zero-order valence-electron chi connectivity index (χ0n) is 8.96. The second kappa shape index (κ2) is 3.85. The van der Waals surface area contributed by atoms with Crippen molar-refractivity contribution in [3.8, 4) is 11.3 Å². The van der Waals surface area contributed by atoms with Crippen LogP contribution < -0.4 is 0 Å². The Morgan fingerprint density at radius 3 is 2.72 bits per heavy atom. The molecule has 0 saturated carbocycles. The van der Waals surface area contributed by atoms with Gasteiger partial charge in [-0.3, -0.25) is 5.10 Å². The van der Waals surface area contributed by atoms with Crippen molar-refractivity contribution in [1.82, 2.24) is 19.6 Å². The summed E-state index contributed by atoms with van der Waals surface area (Å²) in [6.07, 6.45) is 1.62. The minimum absolute atomic E-state index is 0.145. The van der Waals surface area contributed by atoms with E-state index < -0.39 is 5.97 Å². The lowest BCUT2D eigenvalue weighted by atomic mass is 10.2. The molecule has 0 aliphatic carbocycles. The highest BCUT2D eigenvalue weighted by Crippen LogP contribution is 2.21. The lowest BCUT2D eigenvalue weighted by Crippen LogP contribution is -2.00. The molecule has 1 aromatic carbocycles. The minimum atomic E-state index is -1.12. The van der Waals surface area contributed by atoms with Crippen LogP contribution in [0.5, 0.6) is 0 Å². The summed E-state index contributed by atoms with van der Waals surface area (Å²) >= 11 is 5.82. The van der Waals surface area contributed by atoms with Gasteiger partial charge in [-0.25, -0.2) is 14.3 Å². The van der Waals surface area contributed by atoms with Crippen LogP contribution in [0.25, 0.3) is 17.0 Å². The van der Waals surface area contributed by atoms with Crippen molar-refractivity contribution >= 4 is 23.3 Å². The lowest BCUT2D eigenvalue weighted by molar-refractivity contribution is 0.0684. The average molecular weight is 263 g/mol. The molecule has 0 unspecified atom stereocenters. The number of aromatic carboxylic acids is 1. The van der Waals surface area contributed by atoms with Gasteiger partial charge in [-0.15, -0.1) is 0 Å². The summed E-state index contributed by atoms with van der Waals surface area (Å²) in [5, 5.41) is 12.2. The molecule has 0 fully saturated rings. The fourth-order valence-electron chi connectivity index (χ4n) is 1.68. The summed E-state index contributed by atoms with van der Waals surface area (Å²) in [4.78, 5) is 18.7. The Balaban J connectivity index is 2.17. The molecule has 90 valence electrons. The van der Waals surface area contributed by atoms with Crippen molar-refractivity contribution in [3.05, 3.63) is 41.3 Å². The molecule has 2 aromatic heterocycles. The van der Waals surface area contributed by atoms with Crippen LogP contribution in [0.2, 0.25) is 5.02 Å². The first-order chi connectivity index (χ1) is 8.65. The van der Waals surface area contributed by atoms with E-state index in [-0.39, 0.29) is 5.82 Å². The van der Waals surface area contributed by atoms with E-state index in [1.54, 1.807) is 18.3 Å². The van der Waals surface area contributed by atoms with Gasteiger partial charge in [0.05, 0.1) is 11.9 Å². The number of imidazole rings is 1.